The number of hydrogen-bond donors (Lipinski definition) is 1. The van der Waals surface area contributed by atoms with E-state index in [0.717, 1.165) is 0 Å². The van der Waals surface area contributed by atoms with Crippen molar-refractivity contribution < 1.29 is 19.1 Å². The molecule has 0 saturated heterocycles. The Morgan fingerprint density at radius 2 is 1.57 bits per heavy atom. The maximum absolute atomic E-state index is 13.0. The van der Waals surface area contributed by atoms with Crippen LogP contribution in [0.5, 0.6) is 5.75 Å². The fourth-order valence-corrected chi connectivity index (χ4v) is 3.47. The van der Waals surface area contributed by atoms with Crippen LogP contribution in [0.15, 0.2) is 60.7 Å². The topological polar surface area (TPSA) is 72.5 Å². The number of rotatable bonds is 3. The summed E-state index contributed by atoms with van der Waals surface area (Å²) in [5, 5.41) is 3.10. The molecule has 0 heterocycles. The molecular weight excluding hydrogens is 378 g/mol. The van der Waals surface area contributed by atoms with Crippen LogP contribution in [0.3, 0.4) is 0 Å². The highest BCUT2D eigenvalue weighted by molar-refractivity contribution is 6.32. The molecule has 3 aromatic carbocycles. The Hall–Kier alpha value is -3.44. The third-order valence-corrected chi connectivity index (χ3v) is 4.84. The average Bonchev–Trinajstić information content (AvgIpc) is 2.72. The highest BCUT2D eigenvalue weighted by Crippen LogP contribution is 2.32. The molecular formula is C22H14ClNO4. The maximum Gasteiger partial charge on any atom is 0.259 e. The molecule has 1 amide bonds. The van der Waals surface area contributed by atoms with Crippen LogP contribution in [0.25, 0.3) is 0 Å². The zero-order valence-electron chi connectivity index (χ0n) is 14.8. The van der Waals surface area contributed by atoms with Crippen LogP contribution in [0.1, 0.15) is 42.2 Å². The molecule has 0 saturated carbocycles. The average molecular weight is 392 g/mol. The highest BCUT2D eigenvalue weighted by atomic mass is 35.5. The largest absolute Gasteiger partial charge is 0.496 e. The van der Waals surface area contributed by atoms with Crippen molar-refractivity contribution in [2.45, 2.75) is 0 Å². The molecule has 6 heteroatoms. The van der Waals surface area contributed by atoms with Gasteiger partial charge in [0, 0.05) is 21.7 Å². The number of methoxy groups -OCH3 is 1. The van der Waals surface area contributed by atoms with Gasteiger partial charge in [0.15, 0.2) is 11.6 Å². The molecule has 5 nitrogen and oxygen atoms in total. The maximum atomic E-state index is 13.0. The number of anilines is 1. The first-order valence-corrected chi connectivity index (χ1v) is 8.85. The third kappa shape index (κ3) is 2.86. The molecule has 0 radical (unpaired) electrons. The summed E-state index contributed by atoms with van der Waals surface area (Å²) >= 11 is 6.00. The van der Waals surface area contributed by atoms with Gasteiger partial charge in [-0.3, -0.25) is 14.4 Å². The van der Waals surface area contributed by atoms with E-state index in [1.807, 2.05) is 0 Å². The van der Waals surface area contributed by atoms with E-state index in [-0.39, 0.29) is 33.9 Å². The van der Waals surface area contributed by atoms with Crippen LogP contribution in [0, 0.1) is 0 Å². The molecule has 0 aromatic heterocycles. The van der Waals surface area contributed by atoms with Crippen molar-refractivity contribution in [3.8, 4) is 5.75 Å². The van der Waals surface area contributed by atoms with Gasteiger partial charge in [-0.15, -0.1) is 0 Å². The Morgan fingerprint density at radius 1 is 0.893 bits per heavy atom. The van der Waals surface area contributed by atoms with Gasteiger partial charge in [-0.25, -0.2) is 0 Å². The fraction of sp³-hybridized carbons (Fsp3) is 0.0455. The van der Waals surface area contributed by atoms with Crippen LogP contribution in [0.2, 0.25) is 5.02 Å². The lowest BCUT2D eigenvalue weighted by molar-refractivity contribution is 0.0978. The second-order valence-electron chi connectivity index (χ2n) is 6.23. The third-order valence-electron chi connectivity index (χ3n) is 4.61. The monoisotopic (exact) mass is 391 g/mol. The van der Waals surface area contributed by atoms with Gasteiger partial charge in [0.05, 0.1) is 23.9 Å². The lowest BCUT2D eigenvalue weighted by atomic mass is 9.83. The van der Waals surface area contributed by atoms with Crippen LogP contribution >= 0.6 is 11.6 Å². The number of hydrogen-bond acceptors (Lipinski definition) is 4. The van der Waals surface area contributed by atoms with Crippen LogP contribution in [-0.2, 0) is 0 Å². The smallest absolute Gasteiger partial charge is 0.259 e. The zero-order chi connectivity index (χ0) is 19.8. The van der Waals surface area contributed by atoms with Crippen LogP contribution < -0.4 is 10.1 Å². The molecule has 138 valence electrons. The van der Waals surface area contributed by atoms with E-state index >= 15 is 0 Å². The number of halogens is 1. The lowest BCUT2D eigenvalue weighted by Gasteiger charge is -2.20. The first kappa shape index (κ1) is 17.9. The number of amides is 1. The second-order valence-corrected chi connectivity index (χ2v) is 6.67. The van der Waals surface area contributed by atoms with Crippen molar-refractivity contribution in [2.75, 3.05) is 12.4 Å². The summed E-state index contributed by atoms with van der Waals surface area (Å²) in [4.78, 5) is 38.6. The van der Waals surface area contributed by atoms with E-state index < -0.39 is 5.91 Å². The summed E-state index contributed by atoms with van der Waals surface area (Å²) in [6.07, 6.45) is 0. The summed E-state index contributed by atoms with van der Waals surface area (Å²) in [7, 11) is 1.45. The predicted molar refractivity (Wildman–Crippen MR) is 106 cm³/mol. The molecule has 0 unspecified atom stereocenters. The van der Waals surface area contributed by atoms with Crippen LogP contribution in [-0.4, -0.2) is 24.6 Å². The predicted octanol–water partition coefficient (Wildman–Crippen LogP) is 4.38. The van der Waals surface area contributed by atoms with Crippen molar-refractivity contribution in [3.05, 3.63) is 93.5 Å². The standard InChI is InChI=1S/C22H14ClNO4/c1-28-18-10-9-12(23)11-16(18)22(27)24-17-8-4-7-15-19(17)21(26)14-6-3-2-5-13(14)20(15)25/h2-11H,1H3,(H,24,27). The summed E-state index contributed by atoms with van der Waals surface area (Å²) in [5.41, 5.74) is 1.61. The van der Waals surface area contributed by atoms with Crippen molar-refractivity contribution in [3.63, 3.8) is 0 Å². The fourth-order valence-electron chi connectivity index (χ4n) is 3.30. The van der Waals surface area contributed by atoms with Gasteiger partial charge in [-0.1, -0.05) is 48.0 Å². The molecule has 1 aliphatic carbocycles. The van der Waals surface area contributed by atoms with Gasteiger partial charge in [-0.05, 0) is 24.3 Å². The van der Waals surface area contributed by atoms with E-state index in [1.165, 1.54) is 13.2 Å². The van der Waals surface area contributed by atoms with E-state index in [0.29, 0.717) is 21.9 Å². The molecule has 0 spiro atoms. The van der Waals surface area contributed by atoms with Crippen molar-refractivity contribution >= 4 is 34.8 Å². The summed E-state index contributed by atoms with van der Waals surface area (Å²) in [5.74, 6) is -0.702. The number of ether oxygens (including phenoxy) is 1. The van der Waals surface area contributed by atoms with Gasteiger partial charge >= 0.3 is 0 Å². The Balaban J connectivity index is 1.78. The number of ketones is 2. The quantitative estimate of drug-likeness (QED) is 0.562. The summed E-state index contributed by atoms with van der Waals surface area (Å²) < 4.78 is 5.22. The normalized spacial score (nSPS) is 12.2. The minimum atomic E-state index is -0.494. The van der Waals surface area contributed by atoms with E-state index in [4.69, 9.17) is 16.3 Å². The van der Waals surface area contributed by atoms with Gasteiger partial charge in [0.1, 0.15) is 5.75 Å². The molecule has 0 bridgehead atoms. The first-order chi connectivity index (χ1) is 13.5. The molecule has 1 aliphatic rings. The molecule has 1 N–H and O–H groups in total. The summed E-state index contributed by atoms with van der Waals surface area (Å²) in [6.45, 7) is 0. The van der Waals surface area contributed by atoms with Crippen molar-refractivity contribution in [1.29, 1.82) is 0 Å². The number of carbonyl (C=O) groups excluding carboxylic acids is 3. The molecule has 28 heavy (non-hydrogen) atoms. The Bertz CT molecular complexity index is 1150. The number of benzene rings is 3. The first-order valence-electron chi connectivity index (χ1n) is 8.47. The van der Waals surface area contributed by atoms with Crippen molar-refractivity contribution in [2.24, 2.45) is 0 Å². The second kappa shape index (κ2) is 6.94. The van der Waals surface area contributed by atoms with Crippen molar-refractivity contribution in [1.82, 2.24) is 0 Å². The van der Waals surface area contributed by atoms with E-state index in [9.17, 15) is 14.4 Å². The lowest BCUT2D eigenvalue weighted by Crippen LogP contribution is -2.24. The SMILES string of the molecule is COc1ccc(Cl)cc1C(=O)Nc1cccc2c1C(=O)c1ccccc1C2=O. The van der Waals surface area contributed by atoms with E-state index in [1.54, 1.807) is 54.6 Å². The minimum absolute atomic E-state index is 0.181. The molecule has 3 aromatic rings. The zero-order valence-corrected chi connectivity index (χ0v) is 15.5. The van der Waals surface area contributed by atoms with Crippen LogP contribution in [0.4, 0.5) is 5.69 Å². The number of carbonyl (C=O) groups is 3. The molecule has 0 aliphatic heterocycles. The number of fused-ring (bicyclic) bond motifs is 2. The Kier molecular flexibility index (Phi) is 4.45. The molecule has 0 fully saturated rings. The molecule has 4 rings (SSSR count). The van der Waals surface area contributed by atoms with Gasteiger partial charge in [-0.2, -0.15) is 0 Å². The Morgan fingerprint density at radius 3 is 2.29 bits per heavy atom. The van der Waals surface area contributed by atoms with Gasteiger partial charge in [0.25, 0.3) is 5.91 Å². The van der Waals surface area contributed by atoms with Gasteiger partial charge in [0.2, 0.25) is 0 Å². The highest BCUT2D eigenvalue weighted by Gasteiger charge is 2.31. The van der Waals surface area contributed by atoms with E-state index in [2.05, 4.69) is 5.32 Å². The summed E-state index contributed by atoms with van der Waals surface area (Å²) in [6, 6.07) is 16.1. The Labute approximate surface area is 165 Å². The number of nitrogens with one attached hydrogen (secondary N) is 1. The minimum Gasteiger partial charge on any atom is -0.496 e. The van der Waals surface area contributed by atoms with Gasteiger partial charge < -0.3 is 10.1 Å². The molecule has 0 atom stereocenters.